The summed E-state index contributed by atoms with van der Waals surface area (Å²) in [4.78, 5) is 11.6. The van der Waals surface area contributed by atoms with Crippen LogP contribution in [0.5, 0.6) is 0 Å². The molecule has 5 nitrogen and oxygen atoms in total. The summed E-state index contributed by atoms with van der Waals surface area (Å²) in [5.41, 5.74) is -0.0319. The highest BCUT2D eigenvalue weighted by molar-refractivity contribution is 4.84. The maximum atomic E-state index is 11.6. The zero-order valence-corrected chi connectivity index (χ0v) is 7.86. The Labute approximate surface area is 75.9 Å². The van der Waals surface area contributed by atoms with Crippen LogP contribution in [-0.2, 0) is 17.8 Å². The van der Waals surface area contributed by atoms with Gasteiger partial charge in [-0.05, 0) is 13.8 Å². The van der Waals surface area contributed by atoms with Gasteiger partial charge in [0.1, 0.15) is 11.9 Å². The van der Waals surface area contributed by atoms with E-state index < -0.39 is 0 Å². The van der Waals surface area contributed by atoms with Crippen molar-refractivity contribution in [3.63, 3.8) is 0 Å². The Morgan fingerprint density at radius 1 is 1.69 bits per heavy atom. The Kier molecular flexibility index (Phi) is 1.95. The molecule has 0 spiro atoms. The van der Waals surface area contributed by atoms with Crippen molar-refractivity contribution in [2.75, 3.05) is 6.61 Å². The molecule has 1 atom stereocenters. The Balaban J connectivity index is 2.29. The van der Waals surface area contributed by atoms with Crippen LogP contribution in [0.15, 0.2) is 4.79 Å². The van der Waals surface area contributed by atoms with E-state index >= 15 is 0 Å². The molecular formula is C8H13N3O2. The van der Waals surface area contributed by atoms with Gasteiger partial charge < -0.3 is 4.74 Å². The fourth-order valence-electron chi connectivity index (χ4n) is 1.40. The van der Waals surface area contributed by atoms with Gasteiger partial charge >= 0.3 is 5.69 Å². The first-order chi connectivity index (χ1) is 6.22. The van der Waals surface area contributed by atoms with Crippen molar-refractivity contribution < 1.29 is 4.74 Å². The zero-order valence-electron chi connectivity index (χ0n) is 7.86. The van der Waals surface area contributed by atoms with Gasteiger partial charge in [0.2, 0.25) is 0 Å². The lowest BCUT2D eigenvalue weighted by molar-refractivity contribution is 0.369. The maximum Gasteiger partial charge on any atom is 0.345 e. The van der Waals surface area contributed by atoms with Gasteiger partial charge in [0.25, 0.3) is 0 Å². The van der Waals surface area contributed by atoms with Gasteiger partial charge in [0.05, 0.1) is 13.2 Å². The largest absolute Gasteiger partial charge is 0.371 e. The molecule has 0 aliphatic carbocycles. The molecule has 1 aromatic rings. The third-order valence-electron chi connectivity index (χ3n) is 2.20. The first kappa shape index (κ1) is 8.50. The summed E-state index contributed by atoms with van der Waals surface area (Å²) in [5, 5.41) is 4.15. The second-order valence-electron chi connectivity index (χ2n) is 3.21. The van der Waals surface area contributed by atoms with E-state index in [9.17, 15) is 4.79 Å². The third kappa shape index (κ3) is 1.51. The van der Waals surface area contributed by atoms with Gasteiger partial charge in [0.15, 0.2) is 0 Å². The molecule has 0 amide bonds. The molecule has 0 aromatic carbocycles. The van der Waals surface area contributed by atoms with E-state index in [1.54, 1.807) is 4.57 Å². The molecule has 13 heavy (non-hydrogen) atoms. The monoisotopic (exact) mass is 183 g/mol. The minimum Gasteiger partial charge on any atom is -0.371 e. The molecule has 2 heterocycles. The Morgan fingerprint density at radius 3 is 2.85 bits per heavy atom. The van der Waals surface area contributed by atoms with E-state index in [2.05, 4.69) is 5.10 Å². The molecule has 1 fully saturated rings. The molecule has 0 N–H and O–H groups in total. The highest BCUT2D eigenvalue weighted by Gasteiger charge is 2.24. The van der Waals surface area contributed by atoms with Gasteiger partial charge in [-0.1, -0.05) is 0 Å². The molecule has 1 unspecified atom stereocenters. The van der Waals surface area contributed by atoms with E-state index in [1.807, 2.05) is 13.8 Å². The average molecular weight is 183 g/mol. The lowest BCUT2D eigenvalue weighted by atomic mass is 10.5. The first-order valence-electron chi connectivity index (χ1n) is 4.48. The predicted octanol–water partition coefficient (Wildman–Crippen LogP) is -0.228. The number of rotatable bonds is 3. The van der Waals surface area contributed by atoms with E-state index in [0.717, 1.165) is 12.4 Å². The quantitative estimate of drug-likeness (QED) is 0.608. The Hall–Kier alpha value is -1.10. The minimum atomic E-state index is -0.0319. The van der Waals surface area contributed by atoms with Gasteiger partial charge in [-0.15, -0.1) is 0 Å². The Bertz CT molecular complexity index is 362. The standard InChI is InChI=1S/C8H13N3O2/c1-3-10-6(2)9-11(8(10)12)4-7-5-13-7/h7H,3-5H2,1-2H3. The fourth-order valence-corrected chi connectivity index (χ4v) is 1.40. The molecule has 5 heteroatoms. The zero-order chi connectivity index (χ0) is 9.42. The normalized spacial score (nSPS) is 20.6. The summed E-state index contributed by atoms with van der Waals surface area (Å²) in [6.45, 7) is 5.80. The van der Waals surface area contributed by atoms with Gasteiger partial charge in [-0.2, -0.15) is 5.10 Å². The maximum absolute atomic E-state index is 11.6. The summed E-state index contributed by atoms with van der Waals surface area (Å²) >= 11 is 0. The molecule has 0 saturated carbocycles. The van der Waals surface area contributed by atoms with E-state index in [-0.39, 0.29) is 11.8 Å². The summed E-state index contributed by atoms with van der Waals surface area (Å²) in [7, 11) is 0. The first-order valence-corrected chi connectivity index (χ1v) is 4.48. The van der Waals surface area contributed by atoms with Crippen LogP contribution in [0, 0.1) is 6.92 Å². The van der Waals surface area contributed by atoms with Crippen molar-refractivity contribution in [1.29, 1.82) is 0 Å². The van der Waals surface area contributed by atoms with Gasteiger partial charge in [-0.25, -0.2) is 9.48 Å². The highest BCUT2D eigenvalue weighted by Crippen LogP contribution is 2.09. The van der Waals surface area contributed by atoms with Gasteiger partial charge in [0, 0.05) is 6.54 Å². The fraction of sp³-hybridized carbons (Fsp3) is 0.750. The van der Waals surface area contributed by atoms with Crippen LogP contribution in [-0.4, -0.2) is 27.1 Å². The van der Waals surface area contributed by atoms with Crippen LogP contribution in [0.4, 0.5) is 0 Å². The van der Waals surface area contributed by atoms with Crippen molar-refractivity contribution >= 4 is 0 Å². The van der Waals surface area contributed by atoms with E-state index in [0.29, 0.717) is 13.1 Å². The second kappa shape index (κ2) is 2.99. The summed E-state index contributed by atoms with van der Waals surface area (Å²) in [6.07, 6.45) is 0.206. The summed E-state index contributed by atoms with van der Waals surface area (Å²) in [6, 6.07) is 0. The van der Waals surface area contributed by atoms with Crippen LogP contribution < -0.4 is 5.69 Å². The van der Waals surface area contributed by atoms with Crippen LogP contribution in [0.2, 0.25) is 0 Å². The van der Waals surface area contributed by atoms with Crippen molar-refractivity contribution in [2.24, 2.45) is 0 Å². The molecule has 1 aromatic heterocycles. The molecule has 0 bridgehead atoms. The minimum absolute atomic E-state index is 0.0319. The molecular weight excluding hydrogens is 170 g/mol. The Morgan fingerprint density at radius 2 is 2.38 bits per heavy atom. The molecule has 72 valence electrons. The third-order valence-corrected chi connectivity index (χ3v) is 2.20. The highest BCUT2D eigenvalue weighted by atomic mass is 16.6. The van der Waals surface area contributed by atoms with Crippen molar-refractivity contribution in [2.45, 2.75) is 33.0 Å². The summed E-state index contributed by atoms with van der Waals surface area (Å²) in [5.74, 6) is 0.771. The van der Waals surface area contributed by atoms with Crippen molar-refractivity contribution in [1.82, 2.24) is 14.3 Å². The van der Waals surface area contributed by atoms with Crippen LogP contribution >= 0.6 is 0 Å². The predicted molar refractivity (Wildman–Crippen MR) is 46.6 cm³/mol. The number of hydrogen-bond acceptors (Lipinski definition) is 3. The second-order valence-corrected chi connectivity index (χ2v) is 3.21. The molecule has 2 rings (SSSR count). The number of aryl methyl sites for hydroxylation is 1. The van der Waals surface area contributed by atoms with E-state index in [1.165, 1.54) is 4.68 Å². The van der Waals surface area contributed by atoms with Crippen LogP contribution in [0.1, 0.15) is 12.7 Å². The van der Waals surface area contributed by atoms with Crippen LogP contribution in [0.25, 0.3) is 0 Å². The van der Waals surface area contributed by atoms with Crippen LogP contribution in [0.3, 0.4) is 0 Å². The average Bonchev–Trinajstić information content (AvgIpc) is 2.83. The molecule has 1 saturated heterocycles. The lowest BCUT2D eigenvalue weighted by Gasteiger charge is -1.94. The smallest absolute Gasteiger partial charge is 0.345 e. The van der Waals surface area contributed by atoms with Crippen molar-refractivity contribution in [3.05, 3.63) is 16.3 Å². The topological polar surface area (TPSA) is 52.4 Å². The molecule has 1 aliphatic rings. The molecule has 1 aliphatic heterocycles. The number of epoxide rings is 1. The summed E-state index contributed by atoms with van der Waals surface area (Å²) < 4.78 is 8.18. The van der Waals surface area contributed by atoms with Crippen molar-refractivity contribution in [3.8, 4) is 0 Å². The van der Waals surface area contributed by atoms with E-state index in [4.69, 9.17) is 4.74 Å². The number of hydrogen-bond donors (Lipinski definition) is 0. The number of ether oxygens (including phenoxy) is 1. The lowest BCUT2D eigenvalue weighted by Crippen LogP contribution is -2.26. The number of nitrogens with zero attached hydrogens (tertiary/aromatic N) is 3. The van der Waals surface area contributed by atoms with Gasteiger partial charge in [-0.3, -0.25) is 4.57 Å². The molecule has 0 radical (unpaired) electrons. The number of aromatic nitrogens is 3. The SMILES string of the molecule is CCn1c(C)nn(CC2CO2)c1=O.